The second-order valence-corrected chi connectivity index (χ2v) is 6.33. The molecule has 0 saturated carbocycles. The maximum absolute atomic E-state index is 5.62. The third-order valence-corrected chi connectivity index (χ3v) is 4.15. The standard InChI is InChI=1S/C17H28N2O/c1-5-18-16(15-8-6-14(2)7-9-15)12-19-10-11-20-13-17(19,3)4/h6-9,16,18H,5,10-13H2,1-4H3. The Morgan fingerprint density at radius 1 is 1.30 bits per heavy atom. The molecule has 1 aromatic carbocycles. The van der Waals surface area contributed by atoms with Crippen molar-refractivity contribution in [3.05, 3.63) is 35.4 Å². The van der Waals surface area contributed by atoms with Crippen molar-refractivity contribution in [2.24, 2.45) is 0 Å². The van der Waals surface area contributed by atoms with Crippen LogP contribution in [-0.2, 0) is 4.74 Å². The van der Waals surface area contributed by atoms with Gasteiger partial charge in [0.05, 0.1) is 13.2 Å². The monoisotopic (exact) mass is 276 g/mol. The van der Waals surface area contributed by atoms with Gasteiger partial charge < -0.3 is 10.1 Å². The number of benzene rings is 1. The molecule has 1 saturated heterocycles. The van der Waals surface area contributed by atoms with Crippen LogP contribution in [-0.4, -0.2) is 43.3 Å². The molecule has 1 aromatic rings. The Morgan fingerprint density at radius 3 is 2.60 bits per heavy atom. The molecule has 3 heteroatoms. The number of nitrogens with one attached hydrogen (secondary N) is 1. The zero-order valence-corrected chi connectivity index (χ0v) is 13.3. The largest absolute Gasteiger partial charge is 0.378 e. The van der Waals surface area contributed by atoms with Gasteiger partial charge in [-0.2, -0.15) is 0 Å². The number of hydrogen-bond donors (Lipinski definition) is 1. The second-order valence-electron chi connectivity index (χ2n) is 6.33. The summed E-state index contributed by atoms with van der Waals surface area (Å²) in [7, 11) is 0. The molecular formula is C17H28N2O. The van der Waals surface area contributed by atoms with Crippen molar-refractivity contribution in [2.45, 2.75) is 39.3 Å². The number of hydrogen-bond acceptors (Lipinski definition) is 3. The lowest BCUT2D eigenvalue weighted by molar-refractivity contribution is -0.0545. The number of rotatable bonds is 5. The minimum atomic E-state index is 0.122. The minimum absolute atomic E-state index is 0.122. The van der Waals surface area contributed by atoms with Gasteiger partial charge in [-0.1, -0.05) is 36.8 Å². The van der Waals surface area contributed by atoms with Crippen LogP contribution < -0.4 is 5.32 Å². The summed E-state index contributed by atoms with van der Waals surface area (Å²) >= 11 is 0. The Balaban J connectivity index is 2.10. The predicted molar refractivity (Wildman–Crippen MR) is 84.1 cm³/mol. The molecule has 1 heterocycles. The lowest BCUT2D eigenvalue weighted by Crippen LogP contribution is -2.55. The van der Waals surface area contributed by atoms with E-state index in [9.17, 15) is 0 Å². The van der Waals surface area contributed by atoms with E-state index in [4.69, 9.17) is 4.74 Å². The summed E-state index contributed by atoms with van der Waals surface area (Å²) in [6.07, 6.45) is 0. The van der Waals surface area contributed by atoms with Gasteiger partial charge in [-0.25, -0.2) is 0 Å². The van der Waals surface area contributed by atoms with Crippen LogP contribution in [0, 0.1) is 6.92 Å². The van der Waals surface area contributed by atoms with Crippen LogP contribution in [0.4, 0.5) is 0 Å². The van der Waals surface area contributed by atoms with Crippen molar-refractivity contribution in [1.82, 2.24) is 10.2 Å². The molecule has 1 fully saturated rings. The lowest BCUT2D eigenvalue weighted by atomic mass is 9.98. The molecule has 0 amide bonds. The van der Waals surface area contributed by atoms with E-state index in [-0.39, 0.29) is 5.54 Å². The van der Waals surface area contributed by atoms with E-state index < -0.39 is 0 Å². The zero-order chi connectivity index (χ0) is 14.6. The van der Waals surface area contributed by atoms with E-state index in [1.54, 1.807) is 0 Å². The van der Waals surface area contributed by atoms with Gasteiger partial charge >= 0.3 is 0 Å². The first-order valence-electron chi connectivity index (χ1n) is 7.65. The summed E-state index contributed by atoms with van der Waals surface area (Å²) in [6, 6.07) is 9.28. The van der Waals surface area contributed by atoms with Crippen molar-refractivity contribution < 1.29 is 4.74 Å². The van der Waals surface area contributed by atoms with Crippen LogP contribution in [0.3, 0.4) is 0 Å². The molecule has 0 bridgehead atoms. The lowest BCUT2D eigenvalue weighted by Gasteiger charge is -2.43. The van der Waals surface area contributed by atoms with Gasteiger partial charge in [0.2, 0.25) is 0 Å². The summed E-state index contributed by atoms with van der Waals surface area (Å²) in [4.78, 5) is 2.55. The van der Waals surface area contributed by atoms with Crippen molar-refractivity contribution >= 4 is 0 Å². The van der Waals surface area contributed by atoms with Gasteiger partial charge in [-0.3, -0.25) is 4.90 Å². The van der Waals surface area contributed by atoms with Crippen LogP contribution >= 0.6 is 0 Å². The van der Waals surface area contributed by atoms with Gasteiger partial charge in [-0.15, -0.1) is 0 Å². The molecule has 0 spiro atoms. The first-order valence-corrected chi connectivity index (χ1v) is 7.65. The van der Waals surface area contributed by atoms with Crippen LogP contribution in [0.1, 0.15) is 37.9 Å². The molecule has 20 heavy (non-hydrogen) atoms. The fourth-order valence-corrected chi connectivity index (χ4v) is 2.78. The third-order valence-electron chi connectivity index (χ3n) is 4.15. The summed E-state index contributed by atoms with van der Waals surface area (Å²) in [5.41, 5.74) is 2.81. The highest BCUT2D eigenvalue weighted by atomic mass is 16.5. The maximum atomic E-state index is 5.62. The molecule has 0 aromatic heterocycles. The Hall–Kier alpha value is -0.900. The van der Waals surface area contributed by atoms with Gasteiger partial charge in [0.15, 0.2) is 0 Å². The molecule has 0 aliphatic carbocycles. The summed E-state index contributed by atoms with van der Waals surface area (Å²) < 4.78 is 5.62. The van der Waals surface area contributed by atoms with Crippen LogP contribution in [0.2, 0.25) is 0 Å². The van der Waals surface area contributed by atoms with Crippen molar-refractivity contribution in [3.8, 4) is 0 Å². The Bertz CT molecular complexity index is 414. The molecule has 112 valence electrons. The van der Waals surface area contributed by atoms with Gasteiger partial charge in [0.25, 0.3) is 0 Å². The predicted octanol–water partition coefficient (Wildman–Crippen LogP) is 2.76. The first kappa shape index (κ1) is 15.5. The molecule has 1 N–H and O–H groups in total. The number of aryl methyl sites for hydroxylation is 1. The third kappa shape index (κ3) is 3.81. The van der Waals surface area contributed by atoms with Crippen LogP contribution in [0.25, 0.3) is 0 Å². The highest BCUT2D eigenvalue weighted by molar-refractivity contribution is 5.24. The average Bonchev–Trinajstić information content (AvgIpc) is 2.41. The SMILES string of the molecule is CCNC(CN1CCOCC1(C)C)c1ccc(C)cc1. The molecule has 0 radical (unpaired) electrons. The number of nitrogens with zero attached hydrogens (tertiary/aromatic N) is 1. The number of morpholine rings is 1. The van der Waals surface area contributed by atoms with Crippen molar-refractivity contribution in [1.29, 1.82) is 0 Å². The van der Waals surface area contributed by atoms with Gasteiger partial charge in [-0.05, 0) is 32.9 Å². The summed E-state index contributed by atoms with van der Waals surface area (Å²) in [5.74, 6) is 0. The molecule has 3 nitrogen and oxygen atoms in total. The number of likely N-dealkylation sites (N-methyl/N-ethyl adjacent to an activating group) is 1. The zero-order valence-electron chi connectivity index (χ0n) is 13.3. The first-order chi connectivity index (χ1) is 9.53. The summed E-state index contributed by atoms with van der Waals surface area (Å²) in [5, 5.41) is 3.62. The Labute approximate surface area is 123 Å². The highest BCUT2D eigenvalue weighted by Gasteiger charge is 2.32. The average molecular weight is 276 g/mol. The Kier molecular flexibility index (Phi) is 5.19. The maximum Gasteiger partial charge on any atom is 0.0645 e. The van der Waals surface area contributed by atoms with E-state index in [0.29, 0.717) is 6.04 Å². The fraction of sp³-hybridized carbons (Fsp3) is 0.647. The van der Waals surface area contributed by atoms with Crippen LogP contribution in [0.5, 0.6) is 0 Å². The minimum Gasteiger partial charge on any atom is -0.378 e. The van der Waals surface area contributed by atoms with E-state index >= 15 is 0 Å². The summed E-state index contributed by atoms with van der Waals surface area (Å²) in [6.45, 7) is 13.5. The molecule has 1 atom stereocenters. The van der Waals surface area contributed by atoms with Gasteiger partial charge in [0, 0.05) is 24.7 Å². The van der Waals surface area contributed by atoms with E-state index in [1.807, 2.05) is 0 Å². The fourth-order valence-electron chi connectivity index (χ4n) is 2.78. The van der Waals surface area contributed by atoms with Gasteiger partial charge in [0.1, 0.15) is 0 Å². The van der Waals surface area contributed by atoms with E-state index in [1.165, 1.54) is 11.1 Å². The smallest absolute Gasteiger partial charge is 0.0645 e. The second kappa shape index (κ2) is 6.70. The molecular weight excluding hydrogens is 248 g/mol. The highest BCUT2D eigenvalue weighted by Crippen LogP contribution is 2.23. The normalized spacial score (nSPS) is 20.8. The quantitative estimate of drug-likeness (QED) is 0.895. The molecule has 1 unspecified atom stereocenters. The topological polar surface area (TPSA) is 24.5 Å². The van der Waals surface area contributed by atoms with E-state index in [0.717, 1.165) is 32.8 Å². The molecule has 2 rings (SSSR count). The van der Waals surface area contributed by atoms with Crippen molar-refractivity contribution in [2.75, 3.05) is 32.8 Å². The molecule has 1 aliphatic heterocycles. The Morgan fingerprint density at radius 2 is 2.00 bits per heavy atom. The van der Waals surface area contributed by atoms with E-state index in [2.05, 4.69) is 62.2 Å². The number of ether oxygens (including phenoxy) is 1. The van der Waals surface area contributed by atoms with Crippen LogP contribution in [0.15, 0.2) is 24.3 Å². The molecule has 1 aliphatic rings. The van der Waals surface area contributed by atoms with Crippen molar-refractivity contribution in [3.63, 3.8) is 0 Å².